The molecule has 0 unspecified atom stereocenters. The largest absolute Gasteiger partial charge is 0.457 e. The molecule has 1 aromatic heterocycles. The Kier molecular flexibility index (Phi) is 6.64. The van der Waals surface area contributed by atoms with Gasteiger partial charge in [0.05, 0.1) is 4.92 Å². The average molecular weight is 445 g/mol. The number of furan rings is 1. The van der Waals surface area contributed by atoms with Crippen molar-refractivity contribution in [2.45, 2.75) is 19.3 Å². The van der Waals surface area contributed by atoms with Crippen LogP contribution in [0.1, 0.15) is 35.4 Å². The summed E-state index contributed by atoms with van der Waals surface area (Å²) < 4.78 is 5.86. The van der Waals surface area contributed by atoms with Crippen LogP contribution in [-0.4, -0.2) is 34.7 Å². The molecule has 4 rings (SSSR count). The Morgan fingerprint density at radius 2 is 1.64 bits per heavy atom. The SMILES string of the molecule is O=C(NC(=Cc1ccc(-c2ccc([N+](=O)[O-])cc2)o1)C(=O)N1CCCCC1)c1ccccc1. The van der Waals surface area contributed by atoms with E-state index in [-0.39, 0.29) is 23.2 Å². The first-order chi connectivity index (χ1) is 16.0. The number of benzene rings is 2. The first-order valence-electron chi connectivity index (χ1n) is 10.7. The van der Waals surface area contributed by atoms with Gasteiger partial charge in [-0.25, -0.2) is 0 Å². The van der Waals surface area contributed by atoms with E-state index in [0.29, 0.717) is 35.7 Å². The topological polar surface area (TPSA) is 106 Å². The number of likely N-dealkylation sites (tertiary alicyclic amines) is 1. The molecule has 2 aromatic carbocycles. The highest BCUT2D eigenvalue weighted by atomic mass is 16.6. The van der Waals surface area contributed by atoms with Crippen molar-refractivity contribution >= 4 is 23.6 Å². The number of nitrogens with zero attached hydrogens (tertiary/aromatic N) is 2. The Morgan fingerprint density at radius 1 is 0.939 bits per heavy atom. The van der Waals surface area contributed by atoms with Crippen molar-refractivity contribution in [1.82, 2.24) is 10.2 Å². The molecule has 1 aliphatic heterocycles. The van der Waals surface area contributed by atoms with E-state index in [1.807, 2.05) is 6.07 Å². The first-order valence-corrected chi connectivity index (χ1v) is 10.7. The quantitative estimate of drug-likeness (QED) is 0.338. The van der Waals surface area contributed by atoms with E-state index in [9.17, 15) is 19.7 Å². The summed E-state index contributed by atoms with van der Waals surface area (Å²) >= 11 is 0. The number of carbonyl (C=O) groups is 2. The second kappa shape index (κ2) is 9.95. The Balaban J connectivity index is 1.60. The van der Waals surface area contributed by atoms with E-state index in [1.165, 1.54) is 18.2 Å². The van der Waals surface area contributed by atoms with Gasteiger partial charge in [-0.05, 0) is 55.7 Å². The minimum absolute atomic E-state index is 0.0107. The number of piperidine rings is 1. The van der Waals surface area contributed by atoms with E-state index < -0.39 is 4.92 Å². The number of nitro groups is 1. The smallest absolute Gasteiger partial charge is 0.270 e. The molecule has 3 aromatic rings. The maximum atomic E-state index is 13.2. The lowest BCUT2D eigenvalue weighted by Crippen LogP contribution is -2.41. The molecule has 0 aliphatic carbocycles. The van der Waals surface area contributed by atoms with Crippen LogP contribution in [0, 0.1) is 10.1 Å². The van der Waals surface area contributed by atoms with Crippen LogP contribution in [0.3, 0.4) is 0 Å². The maximum absolute atomic E-state index is 13.2. The van der Waals surface area contributed by atoms with E-state index in [1.54, 1.807) is 53.4 Å². The highest BCUT2D eigenvalue weighted by molar-refractivity contribution is 6.05. The molecular formula is C25H23N3O5. The summed E-state index contributed by atoms with van der Waals surface area (Å²) in [5.41, 5.74) is 1.23. The van der Waals surface area contributed by atoms with E-state index in [2.05, 4.69) is 5.32 Å². The Hall–Kier alpha value is -4.20. The van der Waals surface area contributed by atoms with Crippen molar-refractivity contribution in [3.63, 3.8) is 0 Å². The number of hydrogen-bond acceptors (Lipinski definition) is 5. The van der Waals surface area contributed by atoms with Crippen LogP contribution in [-0.2, 0) is 4.79 Å². The molecule has 1 fully saturated rings. The summed E-state index contributed by atoms with van der Waals surface area (Å²) in [7, 11) is 0. The maximum Gasteiger partial charge on any atom is 0.270 e. The fourth-order valence-corrected chi connectivity index (χ4v) is 3.68. The number of amides is 2. The van der Waals surface area contributed by atoms with Gasteiger partial charge >= 0.3 is 0 Å². The second-order valence-electron chi connectivity index (χ2n) is 7.74. The van der Waals surface area contributed by atoms with E-state index in [4.69, 9.17) is 4.42 Å². The summed E-state index contributed by atoms with van der Waals surface area (Å²) in [5.74, 6) is 0.244. The summed E-state index contributed by atoms with van der Waals surface area (Å²) in [4.78, 5) is 38.1. The molecule has 0 spiro atoms. The third-order valence-electron chi connectivity index (χ3n) is 5.43. The Morgan fingerprint density at radius 3 is 2.30 bits per heavy atom. The third kappa shape index (κ3) is 5.35. The van der Waals surface area contributed by atoms with Gasteiger partial charge in [-0.15, -0.1) is 0 Å². The number of rotatable bonds is 6. The lowest BCUT2D eigenvalue weighted by molar-refractivity contribution is -0.384. The van der Waals surface area contributed by atoms with Crippen molar-refractivity contribution in [2.75, 3.05) is 13.1 Å². The molecule has 168 valence electrons. The zero-order valence-electron chi connectivity index (χ0n) is 17.9. The van der Waals surface area contributed by atoms with Gasteiger partial charge in [-0.3, -0.25) is 19.7 Å². The van der Waals surface area contributed by atoms with Crippen molar-refractivity contribution in [1.29, 1.82) is 0 Å². The van der Waals surface area contributed by atoms with Crippen LogP contribution < -0.4 is 5.32 Å². The van der Waals surface area contributed by atoms with Crippen molar-refractivity contribution < 1.29 is 18.9 Å². The predicted molar refractivity (Wildman–Crippen MR) is 123 cm³/mol. The summed E-state index contributed by atoms with van der Waals surface area (Å²) in [6.07, 6.45) is 4.45. The van der Waals surface area contributed by atoms with Gasteiger partial charge in [0, 0.05) is 42.4 Å². The summed E-state index contributed by atoms with van der Waals surface area (Å²) in [6.45, 7) is 1.28. The molecule has 0 saturated carbocycles. The minimum Gasteiger partial charge on any atom is -0.457 e. The van der Waals surface area contributed by atoms with Crippen molar-refractivity contribution in [3.8, 4) is 11.3 Å². The molecule has 0 atom stereocenters. The molecule has 33 heavy (non-hydrogen) atoms. The predicted octanol–water partition coefficient (Wildman–Crippen LogP) is 4.64. The summed E-state index contributed by atoms with van der Waals surface area (Å²) in [6, 6.07) is 18.1. The number of nitro benzene ring substituents is 1. The highest BCUT2D eigenvalue weighted by Crippen LogP contribution is 2.25. The molecule has 1 saturated heterocycles. The number of nitrogens with one attached hydrogen (secondary N) is 1. The normalized spacial score (nSPS) is 14.1. The number of carbonyl (C=O) groups excluding carboxylic acids is 2. The molecule has 1 N–H and O–H groups in total. The van der Waals surface area contributed by atoms with Gasteiger partial charge in [0.15, 0.2) is 0 Å². The fraction of sp³-hybridized carbons (Fsp3) is 0.200. The fourth-order valence-electron chi connectivity index (χ4n) is 3.68. The lowest BCUT2D eigenvalue weighted by atomic mass is 10.1. The Bertz CT molecular complexity index is 1180. The highest BCUT2D eigenvalue weighted by Gasteiger charge is 2.23. The molecule has 0 bridgehead atoms. The van der Waals surface area contributed by atoms with E-state index in [0.717, 1.165) is 19.3 Å². The molecule has 2 amide bonds. The Labute approximate surface area is 190 Å². The molecule has 2 heterocycles. The van der Waals surface area contributed by atoms with Gasteiger partial charge in [0.25, 0.3) is 17.5 Å². The average Bonchev–Trinajstić information content (AvgIpc) is 3.33. The van der Waals surface area contributed by atoms with Gasteiger partial charge < -0.3 is 14.6 Å². The van der Waals surface area contributed by atoms with Crippen molar-refractivity contribution in [3.05, 3.63) is 93.9 Å². The molecule has 8 heteroatoms. The first kappa shape index (κ1) is 22.0. The third-order valence-corrected chi connectivity index (χ3v) is 5.43. The van der Waals surface area contributed by atoms with Crippen molar-refractivity contribution in [2.24, 2.45) is 0 Å². The standard InChI is InChI=1S/C25H23N3O5/c29-24(19-7-3-1-4-8-19)26-22(25(30)27-15-5-2-6-16-27)17-21-13-14-23(33-21)18-9-11-20(12-10-18)28(31)32/h1,3-4,7-14,17H,2,5-6,15-16H2,(H,26,29). The summed E-state index contributed by atoms with van der Waals surface area (Å²) in [5, 5.41) is 13.6. The number of hydrogen-bond donors (Lipinski definition) is 1. The van der Waals surface area contributed by atoms with Crippen LogP contribution in [0.15, 0.2) is 76.8 Å². The molecule has 0 radical (unpaired) electrons. The number of non-ortho nitro benzene ring substituents is 1. The zero-order chi connectivity index (χ0) is 23.2. The van der Waals surface area contributed by atoms with Crippen LogP contribution in [0.2, 0.25) is 0 Å². The van der Waals surface area contributed by atoms with Crippen LogP contribution >= 0.6 is 0 Å². The zero-order valence-corrected chi connectivity index (χ0v) is 17.9. The van der Waals surface area contributed by atoms with Crippen LogP contribution in [0.4, 0.5) is 5.69 Å². The lowest BCUT2D eigenvalue weighted by Gasteiger charge is -2.27. The molecule has 1 aliphatic rings. The minimum atomic E-state index is -0.464. The second-order valence-corrected chi connectivity index (χ2v) is 7.74. The van der Waals surface area contributed by atoms with Gasteiger partial charge in [0.2, 0.25) is 0 Å². The van der Waals surface area contributed by atoms with Gasteiger partial charge in [-0.1, -0.05) is 18.2 Å². The molecule has 8 nitrogen and oxygen atoms in total. The van der Waals surface area contributed by atoms with E-state index >= 15 is 0 Å². The van der Waals surface area contributed by atoms with Gasteiger partial charge in [0.1, 0.15) is 17.2 Å². The monoisotopic (exact) mass is 445 g/mol. The molecular weight excluding hydrogens is 422 g/mol. The van der Waals surface area contributed by atoms with Crippen LogP contribution in [0.5, 0.6) is 0 Å². The van der Waals surface area contributed by atoms with Gasteiger partial charge in [-0.2, -0.15) is 0 Å². The van der Waals surface area contributed by atoms with Crippen LogP contribution in [0.25, 0.3) is 17.4 Å².